The maximum Gasteiger partial charge on any atom is 0.256 e. The van der Waals surface area contributed by atoms with Gasteiger partial charge in [0.2, 0.25) is 0 Å². The van der Waals surface area contributed by atoms with E-state index in [0.29, 0.717) is 22.4 Å². The van der Waals surface area contributed by atoms with Crippen molar-refractivity contribution in [2.24, 2.45) is 12.1 Å². The Hall–Kier alpha value is -2.58. The minimum atomic E-state index is -0.381. The third kappa shape index (κ3) is 3.70. The summed E-state index contributed by atoms with van der Waals surface area (Å²) in [4.78, 5) is 13.2. The summed E-state index contributed by atoms with van der Waals surface area (Å²) in [5.41, 5.74) is 1.76. The van der Waals surface area contributed by atoms with Gasteiger partial charge in [0.15, 0.2) is 5.16 Å². The number of carbonyl (C=O) groups is 1. The number of furan rings is 1. The van der Waals surface area contributed by atoms with Gasteiger partial charge in [0, 0.05) is 18.5 Å². The molecule has 0 aliphatic carbocycles. The van der Waals surface area contributed by atoms with Crippen LogP contribution < -0.4 is 0 Å². The molecule has 0 radical (unpaired) electrons. The molecule has 144 valence electrons. The smallest absolute Gasteiger partial charge is 0.256 e. The van der Waals surface area contributed by atoms with Gasteiger partial charge in [0.1, 0.15) is 18.1 Å². The van der Waals surface area contributed by atoms with Crippen LogP contribution in [0.1, 0.15) is 30.7 Å². The zero-order valence-electron chi connectivity index (χ0n) is 15.3. The first-order valence-electron chi connectivity index (χ1n) is 8.73. The summed E-state index contributed by atoms with van der Waals surface area (Å²) in [6.07, 6.45) is 3.79. The number of hydrogen-bond acceptors (Lipinski definition) is 6. The van der Waals surface area contributed by atoms with E-state index in [9.17, 15) is 4.79 Å². The van der Waals surface area contributed by atoms with Crippen LogP contribution in [-0.4, -0.2) is 36.6 Å². The number of nitrogens with zero attached hydrogens (tertiary/aromatic N) is 5. The lowest BCUT2D eigenvalue weighted by Crippen LogP contribution is -2.33. The first-order valence-corrected chi connectivity index (χ1v) is 9.99. The number of aryl methyl sites for hydroxylation is 1. The van der Waals surface area contributed by atoms with E-state index in [0.717, 1.165) is 11.3 Å². The van der Waals surface area contributed by atoms with E-state index in [1.165, 1.54) is 16.8 Å². The van der Waals surface area contributed by atoms with Crippen molar-refractivity contribution in [3.63, 3.8) is 0 Å². The van der Waals surface area contributed by atoms with Gasteiger partial charge in [-0.1, -0.05) is 35.5 Å². The number of hydrazone groups is 1. The lowest BCUT2D eigenvalue weighted by molar-refractivity contribution is -0.132. The van der Waals surface area contributed by atoms with E-state index in [2.05, 4.69) is 15.3 Å². The molecule has 4 rings (SSSR count). The highest BCUT2D eigenvalue weighted by Gasteiger charge is 2.37. The molecule has 9 heteroatoms. The molecule has 0 spiro atoms. The molecule has 1 aliphatic rings. The molecular formula is C19H18ClN5O2S. The molecule has 0 saturated heterocycles. The molecule has 0 N–H and O–H groups in total. The average Bonchev–Trinajstić information content (AvgIpc) is 3.43. The predicted molar refractivity (Wildman–Crippen MR) is 107 cm³/mol. The standard InChI is InChI=1S/C19H18ClN5O2S/c1-12(28-19-22-21-11-24(19)2)18(26)25-16(17-4-3-9-27-17)10-15(23-25)13-5-7-14(20)8-6-13/h3-9,11-12,16H,10H2,1-2H3/t12-,16-/m0/s1. The summed E-state index contributed by atoms with van der Waals surface area (Å²) in [6, 6.07) is 10.9. The maximum atomic E-state index is 13.2. The fraction of sp³-hybridized carbons (Fsp3) is 0.263. The highest BCUT2D eigenvalue weighted by atomic mass is 35.5. The van der Waals surface area contributed by atoms with E-state index < -0.39 is 0 Å². The Morgan fingerprint density at radius 1 is 1.32 bits per heavy atom. The molecule has 1 aromatic carbocycles. The van der Waals surface area contributed by atoms with Gasteiger partial charge in [0.05, 0.1) is 17.2 Å². The highest BCUT2D eigenvalue weighted by molar-refractivity contribution is 8.00. The van der Waals surface area contributed by atoms with Crippen LogP contribution in [0.5, 0.6) is 0 Å². The number of amides is 1. The molecule has 7 nitrogen and oxygen atoms in total. The van der Waals surface area contributed by atoms with Gasteiger partial charge in [0.25, 0.3) is 5.91 Å². The summed E-state index contributed by atoms with van der Waals surface area (Å²) < 4.78 is 7.37. The monoisotopic (exact) mass is 415 g/mol. The third-order valence-electron chi connectivity index (χ3n) is 4.49. The normalized spacial score (nSPS) is 17.6. The maximum absolute atomic E-state index is 13.2. The Labute approximate surface area is 171 Å². The molecule has 0 fully saturated rings. The molecule has 28 heavy (non-hydrogen) atoms. The minimum absolute atomic E-state index is 0.113. The van der Waals surface area contributed by atoms with Crippen LogP contribution >= 0.6 is 23.4 Å². The van der Waals surface area contributed by atoms with Crippen LogP contribution in [0.3, 0.4) is 0 Å². The zero-order valence-corrected chi connectivity index (χ0v) is 16.9. The summed E-state index contributed by atoms with van der Waals surface area (Å²) >= 11 is 7.35. The molecule has 3 heterocycles. The topological polar surface area (TPSA) is 76.5 Å². The van der Waals surface area contributed by atoms with Crippen LogP contribution in [0.25, 0.3) is 0 Å². The first kappa shape index (κ1) is 18.8. The van der Waals surface area contributed by atoms with E-state index in [1.807, 2.05) is 50.4 Å². The fourth-order valence-corrected chi connectivity index (χ4v) is 3.97. The van der Waals surface area contributed by atoms with Crippen molar-refractivity contribution in [2.75, 3.05) is 0 Å². The van der Waals surface area contributed by atoms with Crippen molar-refractivity contribution in [3.8, 4) is 0 Å². The molecule has 3 aromatic rings. The lowest BCUT2D eigenvalue weighted by Gasteiger charge is -2.22. The highest BCUT2D eigenvalue weighted by Crippen LogP contribution is 2.35. The second-order valence-corrected chi connectivity index (χ2v) is 8.20. The molecule has 0 unspecified atom stereocenters. The first-order chi connectivity index (χ1) is 13.5. The van der Waals surface area contributed by atoms with Crippen LogP contribution in [0.2, 0.25) is 5.02 Å². The van der Waals surface area contributed by atoms with Gasteiger partial charge in [-0.2, -0.15) is 5.10 Å². The van der Waals surface area contributed by atoms with E-state index in [1.54, 1.807) is 17.2 Å². The van der Waals surface area contributed by atoms with Crippen LogP contribution in [-0.2, 0) is 11.8 Å². The largest absolute Gasteiger partial charge is 0.467 e. The quantitative estimate of drug-likeness (QED) is 0.590. The Balaban J connectivity index is 1.61. The van der Waals surface area contributed by atoms with Gasteiger partial charge in [-0.15, -0.1) is 10.2 Å². The van der Waals surface area contributed by atoms with Crippen molar-refractivity contribution >= 4 is 35.0 Å². The second-order valence-electron chi connectivity index (χ2n) is 6.46. The van der Waals surface area contributed by atoms with E-state index >= 15 is 0 Å². The van der Waals surface area contributed by atoms with Crippen molar-refractivity contribution in [2.45, 2.75) is 29.8 Å². The second kappa shape index (κ2) is 7.81. The van der Waals surface area contributed by atoms with Crippen molar-refractivity contribution < 1.29 is 9.21 Å². The Morgan fingerprint density at radius 3 is 2.75 bits per heavy atom. The average molecular weight is 416 g/mol. The third-order valence-corrected chi connectivity index (χ3v) is 5.87. The van der Waals surface area contributed by atoms with Gasteiger partial charge in [-0.25, -0.2) is 5.01 Å². The number of rotatable bonds is 5. The van der Waals surface area contributed by atoms with Crippen LogP contribution in [0, 0.1) is 0 Å². The van der Waals surface area contributed by atoms with Gasteiger partial charge in [-0.3, -0.25) is 4.79 Å². The van der Waals surface area contributed by atoms with Crippen LogP contribution in [0.15, 0.2) is 63.7 Å². The number of benzene rings is 1. The zero-order chi connectivity index (χ0) is 19.7. The molecule has 2 aromatic heterocycles. The summed E-state index contributed by atoms with van der Waals surface area (Å²) in [6.45, 7) is 1.84. The van der Waals surface area contributed by atoms with Crippen molar-refractivity contribution in [1.29, 1.82) is 0 Å². The molecular weight excluding hydrogens is 398 g/mol. The molecule has 1 amide bonds. The van der Waals surface area contributed by atoms with E-state index in [4.69, 9.17) is 16.0 Å². The fourth-order valence-electron chi connectivity index (χ4n) is 3.01. The van der Waals surface area contributed by atoms with Gasteiger partial charge in [-0.05, 0) is 36.8 Å². The van der Waals surface area contributed by atoms with Gasteiger partial charge >= 0.3 is 0 Å². The lowest BCUT2D eigenvalue weighted by atomic mass is 10.0. The summed E-state index contributed by atoms with van der Waals surface area (Å²) in [7, 11) is 1.85. The Morgan fingerprint density at radius 2 is 2.11 bits per heavy atom. The van der Waals surface area contributed by atoms with Gasteiger partial charge < -0.3 is 8.98 Å². The summed E-state index contributed by atoms with van der Waals surface area (Å²) in [5, 5.41) is 15.0. The Bertz CT molecular complexity index is 1000. The molecule has 0 saturated carbocycles. The van der Waals surface area contributed by atoms with Crippen LogP contribution in [0.4, 0.5) is 0 Å². The predicted octanol–water partition coefficient (Wildman–Crippen LogP) is 3.92. The summed E-state index contributed by atoms with van der Waals surface area (Å²) in [5.74, 6) is 0.593. The minimum Gasteiger partial charge on any atom is -0.467 e. The molecule has 2 atom stereocenters. The number of halogens is 1. The number of carbonyl (C=O) groups excluding carboxylic acids is 1. The van der Waals surface area contributed by atoms with Crippen molar-refractivity contribution in [3.05, 3.63) is 65.3 Å². The molecule has 0 bridgehead atoms. The van der Waals surface area contributed by atoms with Crippen molar-refractivity contribution in [1.82, 2.24) is 19.8 Å². The number of hydrogen-bond donors (Lipinski definition) is 0. The van der Waals surface area contributed by atoms with E-state index in [-0.39, 0.29) is 17.2 Å². The Kier molecular flexibility index (Phi) is 5.23. The molecule has 1 aliphatic heterocycles. The number of aromatic nitrogens is 3. The SMILES string of the molecule is C[C@H](Sc1nncn1C)C(=O)N1N=C(c2ccc(Cl)cc2)C[C@H]1c1ccco1. The number of thioether (sulfide) groups is 1.